The Morgan fingerprint density at radius 1 is 1.59 bits per heavy atom. The molecule has 92 valence electrons. The van der Waals surface area contributed by atoms with Crippen molar-refractivity contribution in [2.45, 2.75) is 19.1 Å². The normalized spacial score (nSPS) is 23.2. The van der Waals surface area contributed by atoms with Gasteiger partial charge in [0, 0.05) is 14.0 Å². The lowest BCUT2D eigenvalue weighted by atomic mass is 10.1. The van der Waals surface area contributed by atoms with Gasteiger partial charge in [-0.1, -0.05) is 0 Å². The smallest absolute Gasteiger partial charge is 0.335 e. The van der Waals surface area contributed by atoms with E-state index in [1.165, 1.54) is 7.11 Å². The Kier molecular flexibility index (Phi) is 3.24. The van der Waals surface area contributed by atoms with Gasteiger partial charge in [0.05, 0.1) is 17.4 Å². The first-order valence-corrected chi connectivity index (χ1v) is 5.94. The molecule has 2 heterocycles. The molecule has 0 bridgehead atoms. The number of ether oxygens (including phenoxy) is 2. The summed E-state index contributed by atoms with van der Waals surface area (Å²) >= 11 is 3.41. The fraction of sp³-hybridized carbons (Fsp3) is 0.455. The Balaban J connectivity index is 2.33. The number of nitrogens with zero attached hydrogens (tertiary/aromatic N) is 2. The SMILES string of the molecule is COC(=O)C1N=C(C)OC1c1ccc(Br)n1C. The maximum Gasteiger partial charge on any atom is 0.335 e. The van der Waals surface area contributed by atoms with Crippen LogP contribution in [0.1, 0.15) is 18.7 Å². The third-order valence-electron chi connectivity index (χ3n) is 2.74. The fourth-order valence-corrected chi connectivity index (χ4v) is 2.19. The molecular formula is C11H13BrN2O3. The van der Waals surface area contributed by atoms with E-state index in [0.29, 0.717) is 5.90 Å². The van der Waals surface area contributed by atoms with E-state index in [0.717, 1.165) is 10.3 Å². The van der Waals surface area contributed by atoms with Gasteiger partial charge in [-0.15, -0.1) is 0 Å². The van der Waals surface area contributed by atoms with Crippen LogP contribution < -0.4 is 0 Å². The summed E-state index contributed by atoms with van der Waals surface area (Å²) in [6.07, 6.45) is -0.418. The van der Waals surface area contributed by atoms with Crippen LogP contribution in [0.2, 0.25) is 0 Å². The molecule has 0 fully saturated rings. The number of carbonyl (C=O) groups is 1. The predicted octanol–water partition coefficient (Wildman–Crippen LogP) is 1.82. The molecule has 1 aromatic rings. The molecule has 0 aliphatic carbocycles. The van der Waals surface area contributed by atoms with Gasteiger partial charge in [-0.3, -0.25) is 0 Å². The Hall–Kier alpha value is -1.30. The maximum absolute atomic E-state index is 11.6. The molecule has 0 radical (unpaired) electrons. The van der Waals surface area contributed by atoms with Crippen molar-refractivity contribution >= 4 is 27.8 Å². The Bertz CT molecular complexity index is 481. The van der Waals surface area contributed by atoms with Crippen LogP contribution in [0.5, 0.6) is 0 Å². The molecule has 2 rings (SSSR count). The first-order chi connectivity index (χ1) is 8.04. The predicted molar refractivity (Wildman–Crippen MR) is 65.9 cm³/mol. The lowest BCUT2D eigenvalue weighted by molar-refractivity contribution is -0.143. The minimum absolute atomic E-state index is 0.385. The van der Waals surface area contributed by atoms with Crippen molar-refractivity contribution < 1.29 is 14.3 Å². The Labute approximate surface area is 108 Å². The maximum atomic E-state index is 11.6. The van der Waals surface area contributed by atoms with E-state index < -0.39 is 12.1 Å². The molecule has 0 N–H and O–H groups in total. The van der Waals surface area contributed by atoms with E-state index in [1.807, 2.05) is 23.7 Å². The number of carbonyl (C=O) groups excluding carboxylic acids is 1. The van der Waals surface area contributed by atoms with E-state index in [2.05, 4.69) is 20.9 Å². The molecule has 1 aliphatic heterocycles. The molecule has 1 aromatic heterocycles. The van der Waals surface area contributed by atoms with Crippen LogP contribution in [0.15, 0.2) is 21.7 Å². The zero-order valence-corrected chi connectivity index (χ0v) is 11.4. The first kappa shape index (κ1) is 12.2. The van der Waals surface area contributed by atoms with Crippen LogP contribution in [0.25, 0.3) is 0 Å². The molecule has 0 saturated heterocycles. The van der Waals surface area contributed by atoms with Gasteiger partial charge >= 0.3 is 5.97 Å². The standard InChI is InChI=1S/C11H13BrN2O3/c1-6-13-9(11(15)16-3)10(17-6)7-4-5-8(12)14(7)2/h4-5,9-10H,1-3H3. The minimum atomic E-state index is -0.625. The second kappa shape index (κ2) is 4.52. The van der Waals surface area contributed by atoms with Crippen LogP contribution in [0.3, 0.4) is 0 Å². The number of halogens is 1. The lowest BCUT2D eigenvalue weighted by Crippen LogP contribution is -2.26. The van der Waals surface area contributed by atoms with Gasteiger partial charge in [0.1, 0.15) is 0 Å². The van der Waals surface area contributed by atoms with Crippen LogP contribution >= 0.6 is 15.9 Å². The molecule has 0 saturated carbocycles. The highest BCUT2D eigenvalue weighted by Crippen LogP contribution is 2.31. The van der Waals surface area contributed by atoms with E-state index >= 15 is 0 Å². The van der Waals surface area contributed by atoms with E-state index in [-0.39, 0.29) is 5.97 Å². The molecule has 0 spiro atoms. The molecule has 0 amide bonds. The molecule has 0 aromatic carbocycles. The summed E-state index contributed by atoms with van der Waals surface area (Å²) in [5, 5.41) is 0. The summed E-state index contributed by atoms with van der Waals surface area (Å²) in [7, 11) is 3.24. The van der Waals surface area contributed by atoms with Crippen molar-refractivity contribution in [1.29, 1.82) is 0 Å². The zero-order chi connectivity index (χ0) is 12.6. The van der Waals surface area contributed by atoms with Crippen molar-refractivity contribution in [3.63, 3.8) is 0 Å². The zero-order valence-electron chi connectivity index (χ0n) is 9.81. The van der Waals surface area contributed by atoms with Gasteiger partial charge < -0.3 is 14.0 Å². The highest BCUT2D eigenvalue weighted by molar-refractivity contribution is 9.10. The van der Waals surface area contributed by atoms with Crippen molar-refractivity contribution in [3.8, 4) is 0 Å². The Morgan fingerprint density at radius 3 is 2.82 bits per heavy atom. The van der Waals surface area contributed by atoms with Gasteiger partial charge in [0.2, 0.25) is 0 Å². The summed E-state index contributed by atoms with van der Waals surface area (Å²) in [4.78, 5) is 15.8. The summed E-state index contributed by atoms with van der Waals surface area (Å²) in [5.74, 6) is 0.117. The lowest BCUT2D eigenvalue weighted by Gasteiger charge is -2.17. The summed E-state index contributed by atoms with van der Waals surface area (Å²) < 4.78 is 13.2. The quantitative estimate of drug-likeness (QED) is 0.783. The van der Waals surface area contributed by atoms with Gasteiger partial charge in [-0.2, -0.15) is 0 Å². The molecule has 1 aliphatic rings. The van der Waals surface area contributed by atoms with Gasteiger partial charge in [-0.05, 0) is 28.1 Å². The number of hydrogen-bond acceptors (Lipinski definition) is 4. The summed E-state index contributed by atoms with van der Waals surface area (Å²) in [6, 6.07) is 3.18. The van der Waals surface area contributed by atoms with Gasteiger partial charge in [-0.25, -0.2) is 9.79 Å². The first-order valence-electron chi connectivity index (χ1n) is 5.14. The third-order valence-corrected chi connectivity index (χ3v) is 3.54. The highest BCUT2D eigenvalue weighted by atomic mass is 79.9. The summed E-state index contributed by atoms with van der Waals surface area (Å²) in [6.45, 7) is 1.73. The highest BCUT2D eigenvalue weighted by Gasteiger charge is 2.38. The average molecular weight is 301 g/mol. The average Bonchev–Trinajstić information content (AvgIpc) is 2.83. The number of hydrogen-bond donors (Lipinski definition) is 0. The number of aromatic nitrogens is 1. The topological polar surface area (TPSA) is 52.8 Å². The fourth-order valence-electron chi connectivity index (χ4n) is 1.85. The molecule has 17 heavy (non-hydrogen) atoms. The number of rotatable bonds is 2. The molecule has 6 heteroatoms. The molecule has 2 unspecified atom stereocenters. The van der Waals surface area contributed by atoms with Crippen molar-refractivity contribution in [2.24, 2.45) is 12.0 Å². The van der Waals surface area contributed by atoms with Crippen LogP contribution in [0, 0.1) is 0 Å². The largest absolute Gasteiger partial charge is 0.469 e. The molecule has 5 nitrogen and oxygen atoms in total. The van der Waals surface area contributed by atoms with E-state index in [4.69, 9.17) is 9.47 Å². The number of methoxy groups -OCH3 is 1. The van der Waals surface area contributed by atoms with E-state index in [9.17, 15) is 4.79 Å². The van der Waals surface area contributed by atoms with Crippen LogP contribution in [-0.4, -0.2) is 29.6 Å². The molecule has 2 atom stereocenters. The van der Waals surface area contributed by atoms with E-state index in [1.54, 1.807) is 6.92 Å². The Morgan fingerprint density at radius 2 is 2.29 bits per heavy atom. The monoisotopic (exact) mass is 300 g/mol. The van der Waals surface area contributed by atoms with Crippen molar-refractivity contribution in [1.82, 2.24) is 4.57 Å². The van der Waals surface area contributed by atoms with Crippen LogP contribution in [0.4, 0.5) is 0 Å². The summed E-state index contributed by atoms with van der Waals surface area (Å²) in [5.41, 5.74) is 0.882. The van der Waals surface area contributed by atoms with Crippen molar-refractivity contribution in [3.05, 3.63) is 22.4 Å². The van der Waals surface area contributed by atoms with Gasteiger partial charge in [0.25, 0.3) is 0 Å². The third kappa shape index (κ3) is 2.09. The second-order valence-corrected chi connectivity index (χ2v) is 4.61. The number of aliphatic imine (C=N–C) groups is 1. The minimum Gasteiger partial charge on any atom is -0.469 e. The van der Waals surface area contributed by atoms with Crippen LogP contribution in [-0.2, 0) is 21.3 Å². The second-order valence-electron chi connectivity index (χ2n) is 3.79. The molecular weight excluding hydrogens is 288 g/mol. The van der Waals surface area contributed by atoms with Gasteiger partial charge in [0.15, 0.2) is 18.0 Å². The van der Waals surface area contributed by atoms with Crippen molar-refractivity contribution in [2.75, 3.05) is 7.11 Å². The number of esters is 1.